The van der Waals surface area contributed by atoms with Crippen molar-refractivity contribution in [3.05, 3.63) is 103 Å². The van der Waals surface area contributed by atoms with Crippen LogP contribution >= 0.6 is 21.6 Å². The van der Waals surface area contributed by atoms with Gasteiger partial charge in [0.1, 0.15) is 30.5 Å². The van der Waals surface area contributed by atoms with Crippen LogP contribution in [0.2, 0.25) is 0 Å². The predicted molar refractivity (Wildman–Crippen MR) is 290 cm³/mol. The number of aliphatic hydroxyl groups is 3. The number of nitrogens with two attached hydrogens (primary N) is 1. The molecule has 6 heterocycles. The van der Waals surface area contributed by atoms with Gasteiger partial charge in [0.25, 0.3) is 17.7 Å². The molecule has 27 heteroatoms. The van der Waals surface area contributed by atoms with Crippen molar-refractivity contribution in [3.8, 4) is 40.0 Å². The van der Waals surface area contributed by atoms with E-state index in [9.17, 15) is 53.3 Å². The molecule has 0 aliphatic carbocycles. The zero-order valence-corrected chi connectivity index (χ0v) is 44.5. The average Bonchev–Trinajstić information content (AvgIpc) is 3.79. The third-order valence-corrected chi connectivity index (χ3v) is 15.5. The molecule has 7 atom stereocenters. The number of methoxy groups -OCH3 is 1. The fourth-order valence-electron chi connectivity index (χ4n) is 8.84. The van der Waals surface area contributed by atoms with Gasteiger partial charge >= 0.3 is 6.09 Å². The van der Waals surface area contributed by atoms with Crippen molar-refractivity contribution in [1.29, 1.82) is 5.26 Å². The van der Waals surface area contributed by atoms with Crippen LogP contribution in [-0.2, 0) is 30.5 Å². The number of benzene rings is 2. The highest BCUT2D eigenvalue weighted by molar-refractivity contribution is 8.76. The summed E-state index contributed by atoms with van der Waals surface area (Å²) >= 11 is 0. The number of likely N-dealkylation sites (tertiary alicyclic amines) is 1. The first-order valence-electron chi connectivity index (χ1n) is 24.8. The molecule has 8 rings (SSSR count). The number of fused-ring (bicyclic) bond motifs is 2. The van der Waals surface area contributed by atoms with Gasteiger partial charge in [0.05, 0.1) is 73.0 Å². The number of nitriles is 1. The Labute approximate surface area is 463 Å². The highest BCUT2D eigenvalue weighted by Gasteiger charge is 2.47. The normalized spacial score (nSPS) is 19.8. The zero-order chi connectivity index (χ0) is 57.1. The van der Waals surface area contributed by atoms with E-state index in [0.717, 1.165) is 38.1 Å². The second-order valence-electron chi connectivity index (χ2n) is 18.5. The second kappa shape index (κ2) is 26.3. The van der Waals surface area contributed by atoms with Crippen LogP contribution in [0.5, 0.6) is 11.6 Å². The number of hydrogen-bond acceptors (Lipinski definition) is 20. The highest BCUT2D eigenvalue weighted by Crippen LogP contribution is 2.34. The third kappa shape index (κ3) is 14.2. The van der Waals surface area contributed by atoms with Gasteiger partial charge in [-0.3, -0.25) is 34.1 Å². The van der Waals surface area contributed by atoms with Gasteiger partial charge in [-0.15, -0.1) is 0 Å². The lowest BCUT2D eigenvalue weighted by atomic mass is 9.90. The topological polar surface area (TPSA) is 336 Å². The van der Waals surface area contributed by atoms with Crippen LogP contribution in [0, 0.1) is 17.2 Å². The molecule has 2 saturated heterocycles. The van der Waals surface area contributed by atoms with Gasteiger partial charge < -0.3 is 66.2 Å². The minimum Gasteiger partial charge on any atom is -0.484 e. The van der Waals surface area contributed by atoms with Crippen molar-refractivity contribution in [1.82, 2.24) is 46.1 Å². The molecule has 80 heavy (non-hydrogen) atoms. The number of halogens is 2. The SMILES string of the molecule is COc1ncc(-c2ccc3nccc(-c4ccc(COC(=O)NCCSSCC(NC(=O)COc5ccc6nccc(C(=O)NCC(=O)N7CC(F)(F)C[C@H]7C#N)c6c5)C(=O)N[C@@H]5[C@@H](O)[C@H](C)C(O)O[C@H]5CO)nc4)c3c2)cc1N. The smallest absolute Gasteiger partial charge is 0.407 e. The third-order valence-electron chi connectivity index (χ3n) is 13.1. The number of alkyl carbamates (subject to hydrolysis) is 1. The molecular formula is C53H55F2N11O12S2. The molecule has 2 unspecified atom stereocenters. The summed E-state index contributed by atoms with van der Waals surface area (Å²) < 4.78 is 49.7. The molecule has 2 aliphatic rings. The Hall–Kier alpha value is -8.00. The Kier molecular flexibility index (Phi) is 19.1. The number of anilines is 1. The minimum absolute atomic E-state index is 0.0360. The van der Waals surface area contributed by atoms with Crippen molar-refractivity contribution in [2.45, 2.75) is 62.5 Å². The summed E-state index contributed by atoms with van der Waals surface area (Å²) in [5.41, 5.74) is 11.6. The maximum absolute atomic E-state index is 13.9. The first-order chi connectivity index (χ1) is 38.4. The molecule has 0 bridgehead atoms. The van der Waals surface area contributed by atoms with Gasteiger partial charge in [-0.05, 0) is 65.7 Å². The van der Waals surface area contributed by atoms with Crippen LogP contribution in [0.3, 0.4) is 0 Å². The summed E-state index contributed by atoms with van der Waals surface area (Å²) in [5.74, 6) is -6.46. The molecular weight excluding hydrogens is 1080 g/mol. The molecule has 2 aromatic carbocycles. The largest absolute Gasteiger partial charge is 0.484 e. The number of amides is 5. The molecule has 0 spiro atoms. The number of carbonyl (C=O) groups is 5. The van der Waals surface area contributed by atoms with Gasteiger partial charge in [0, 0.05) is 77.1 Å². The molecule has 5 amide bonds. The van der Waals surface area contributed by atoms with Gasteiger partial charge in [0.15, 0.2) is 12.9 Å². The van der Waals surface area contributed by atoms with Crippen molar-refractivity contribution < 1.29 is 67.0 Å². The van der Waals surface area contributed by atoms with E-state index in [1.807, 2.05) is 30.3 Å². The Bertz CT molecular complexity index is 3290. The second-order valence-corrected chi connectivity index (χ2v) is 21.2. The molecule has 0 saturated carbocycles. The van der Waals surface area contributed by atoms with Gasteiger partial charge in [-0.25, -0.2) is 18.6 Å². The fraction of sp³-hybridized carbons (Fsp3) is 0.358. The number of aromatic nitrogens is 4. The number of rotatable bonds is 21. The maximum atomic E-state index is 13.9. The number of hydrogen-bond donors (Lipinski definition) is 8. The van der Waals surface area contributed by atoms with Crippen LogP contribution in [0.15, 0.2) is 91.5 Å². The van der Waals surface area contributed by atoms with E-state index in [1.54, 1.807) is 36.8 Å². The van der Waals surface area contributed by atoms with Crippen LogP contribution in [-0.4, -0.2) is 164 Å². The molecule has 0 radical (unpaired) electrons. The quantitative estimate of drug-likeness (QED) is 0.0378. The number of nitrogen functional groups attached to an aromatic ring is 1. The van der Waals surface area contributed by atoms with Crippen molar-refractivity contribution >= 4 is 78.8 Å². The summed E-state index contributed by atoms with van der Waals surface area (Å²) in [5, 5.41) is 51.8. The number of pyridine rings is 4. The average molecular weight is 1140 g/mol. The van der Waals surface area contributed by atoms with Gasteiger partial charge in [0.2, 0.25) is 17.7 Å². The molecule has 420 valence electrons. The summed E-state index contributed by atoms with van der Waals surface area (Å²) in [6.07, 6.45) is 0.992. The Balaban J connectivity index is 0.827. The van der Waals surface area contributed by atoms with Gasteiger partial charge in [-0.1, -0.05) is 40.6 Å². The minimum atomic E-state index is -3.23. The lowest BCUT2D eigenvalue weighted by Crippen LogP contribution is -2.64. The predicted octanol–water partition coefficient (Wildman–Crippen LogP) is 3.35. The van der Waals surface area contributed by atoms with E-state index in [1.165, 1.54) is 66.1 Å². The van der Waals surface area contributed by atoms with Crippen molar-refractivity contribution in [3.63, 3.8) is 0 Å². The fourth-order valence-corrected chi connectivity index (χ4v) is 10.9. The zero-order valence-electron chi connectivity index (χ0n) is 42.9. The number of nitrogens with one attached hydrogen (secondary N) is 4. The Morgan fingerprint density at radius 1 is 0.938 bits per heavy atom. The van der Waals surface area contributed by atoms with Crippen LogP contribution in [0.25, 0.3) is 44.1 Å². The lowest BCUT2D eigenvalue weighted by molar-refractivity contribution is -0.238. The summed E-state index contributed by atoms with van der Waals surface area (Å²) in [4.78, 5) is 84.2. The summed E-state index contributed by atoms with van der Waals surface area (Å²) in [6, 6.07) is 16.8. The summed E-state index contributed by atoms with van der Waals surface area (Å²) in [7, 11) is 3.95. The maximum Gasteiger partial charge on any atom is 0.407 e. The molecule has 6 aromatic rings. The molecule has 23 nitrogen and oxygen atoms in total. The van der Waals surface area contributed by atoms with Crippen LogP contribution in [0.4, 0.5) is 19.3 Å². The van der Waals surface area contributed by atoms with Gasteiger partial charge in [-0.2, -0.15) is 5.26 Å². The standard InChI is InChI=1S/C53H55F2N11O12S2/c1-28-47(70)46(43(23-67)78-51(28)73)65-49(72)42(64-44(68)25-76-34-6-8-41-38(17-34)36(10-12-59-41)48(71)62-22-45(69)66-27-53(54,55)18-33(66)19-56)26-80-79-14-13-60-52(74)77-24-32-5-3-30(20-61-32)35-9-11-58-40-7-4-29(15-37(35)40)31-16-39(57)50(75-2)63-21-31/h3-12,15-17,20-21,28,33,42-43,46-47,51,67,70,73H,13-14,18,22-27,57H2,1-2H3,(H,60,74)(H,62,71)(H,64,68)(H,65,72)/t28-,33-,42?,43-,46-,47-,51?/m0/s1. The Morgan fingerprint density at radius 2 is 1.69 bits per heavy atom. The number of carbonyl (C=O) groups excluding carboxylic acids is 5. The number of ether oxygens (including phenoxy) is 4. The van der Waals surface area contributed by atoms with E-state index in [0.29, 0.717) is 28.5 Å². The van der Waals surface area contributed by atoms with Crippen molar-refractivity contribution in [2.75, 3.05) is 57.2 Å². The number of aliphatic hydroxyl groups excluding tert-OH is 3. The first kappa shape index (κ1) is 58.2. The van der Waals surface area contributed by atoms with E-state index in [4.69, 9.17) is 24.7 Å². The number of nitrogens with zero attached hydrogens (tertiary/aromatic N) is 6. The molecule has 2 fully saturated rings. The monoisotopic (exact) mass is 1140 g/mol. The Morgan fingerprint density at radius 3 is 2.42 bits per heavy atom. The van der Waals surface area contributed by atoms with Crippen LogP contribution < -0.4 is 36.5 Å². The molecule has 4 aromatic heterocycles. The summed E-state index contributed by atoms with van der Waals surface area (Å²) in [6.45, 7) is -1.35. The lowest BCUT2D eigenvalue weighted by Gasteiger charge is -2.41. The van der Waals surface area contributed by atoms with Crippen LogP contribution in [0.1, 0.15) is 29.4 Å². The molecule has 9 N–H and O–H groups in total. The number of alkyl halides is 2. The first-order valence-corrected chi connectivity index (χ1v) is 27.3. The van der Waals surface area contributed by atoms with E-state index in [2.05, 4.69) is 41.2 Å². The van der Waals surface area contributed by atoms with E-state index in [-0.39, 0.29) is 35.6 Å². The molecule has 2 aliphatic heterocycles. The van der Waals surface area contributed by atoms with Crippen molar-refractivity contribution in [2.24, 2.45) is 5.92 Å². The van der Waals surface area contributed by atoms with E-state index < -0.39 is 111 Å². The van der Waals surface area contributed by atoms with E-state index >= 15 is 0 Å². The highest BCUT2D eigenvalue weighted by atomic mass is 33.1.